The highest BCUT2D eigenvalue weighted by Gasteiger charge is 2.53. The molecule has 0 saturated carbocycles. The van der Waals surface area contributed by atoms with E-state index in [0.717, 1.165) is 0 Å². The van der Waals surface area contributed by atoms with Crippen LogP contribution in [0.15, 0.2) is 30.6 Å². The molecule has 0 aliphatic heterocycles. The van der Waals surface area contributed by atoms with Crippen molar-refractivity contribution in [3.05, 3.63) is 36.2 Å². The molecule has 0 bridgehead atoms. The highest BCUT2D eigenvalue weighted by Crippen LogP contribution is 2.33. The molecule has 0 amide bonds. The normalized spacial score (nSPS) is 13.5. The zero-order chi connectivity index (χ0) is 14.0. The zero-order valence-corrected chi connectivity index (χ0v) is 9.82. The molecular weight excluding hydrogens is 247 g/mol. The predicted octanol–water partition coefficient (Wildman–Crippen LogP) is 2.93. The molecule has 0 radical (unpaired) electrons. The van der Waals surface area contributed by atoms with Gasteiger partial charge in [-0.1, -0.05) is 0 Å². The summed E-state index contributed by atoms with van der Waals surface area (Å²) in [6.45, 7) is 1.19. The molecule has 0 unspecified atom stereocenters. The van der Waals surface area contributed by atoms with Gasteiger partial charge in [-0.15, -0.1) is 0 Å². The number of allylic oxidation sites excluding steroid dienone is 1. The molecule has 1 aromatic rings. The number of pyridine rings is 1. The van der Waals surface area contributed by atoms with Crippen LogP contribution in [0.2, 0.25) is 0 Å². The molecule has 1 N–H and O–H groups in total. The first-order valence-electron chi connectivity index (χ1n) is 5.08. The quantitative estimate of drug-likeness (QED) is 0.668. The summed E-state index contributed by atoms with van der Waals surface area (Å²) in [5, 5.41) is 9.46. The van der Waals surface area contributed by atoms with Gasteiger partial charge in [-0.05, 0) is 26.0 Å². The fourth-order valence-electron chi connectivity index (χ4n) is 1.11. The van der Waals surface area contributed by atoms with Gasteiger partial charge in [0.05, 0.1) is 0 Å². The van der Waals surface area contributed by atoms with Gasteiger partial charge in [0.2, 0.25) is 5.78 Å². The number of halogens is 3. The van der Waals surface area contributed by atoms with Crippen LogP contribution >= 0.6 is 0 Å². The van der Waals surface area contributed by atoms with Crippen LogP contribution < -0.4 is 0 Å². The number of carbonyl (C=O) groups excluding carboxylic acids is 1. The van der Waals surface area contributed by atoms with Crippen LogP contribution in [0, 0.1) is 0 Å². The Hall–Kier alpha value is -1.85. The van der Waals surface area contributed by atoms with E-state index in [-0.39, 0.29) is 5.56 Å². The molecule has 1 heterocycles. The number of hydrogen-bond donors (Lipinski definition) is 1. The summed E-state index contributed by atoms with van der Waals surface area (Å²) in [5.41, 5.74) is -2.91. The molecular formula is C12H12F3NO2. The molecule has 1 aromatic heterocycles. The summed E-state index contributed by atoms with van der Waals surface area (Å²) in [5.74, 6) is -6.68. The Kier molecular flexibility index (Phi) is 3.79. The second-order valence-electron chi connectivity index (χ2n) is 4.18. The van der Waals surface area contributed by atoms with E-state index in [0.29, 0.717) is 19.9 Å². The van der Waals surface area contributed by atoms with Gasteiger partial charge in [0.1, 0.15) is 5.76 Å². The SMILES string of the molecule is CC(C)(F)C(F)(F)C(=O)C=C(O)c1cccnc1. The van der Waals surface area contributed by atoms with E-state index in [1.807, 2.05) is 0 Å². The molecule has 0 saturated heterocycles. The predicted molar refractivity (Wildman–Crippen MR) is 60.0 cm³/mol. The number of carbonyl (C=O) groups is 1. The van der Waals surface area contributed by atoms with Crippen molar-refractivity contribution in [2.45, 2.75) is 25.4 Å². The van der Waals surface area contributed by atoms with Crippen molar-refractivity contribution in [2.75, 3.05) is 0 Å². The Morgan fingerprint density at radius 2 is 2.00 bits per heavy atom. The number of aromatic nitrogens is 1. The van der Waals surface area contributed by atoms with E-state index >= 15 is 0 Å². The maximum absolute atomic E-state index is 13.3. The van der Waals surface area contributed by atoms with Gasteiger partial charge in [-0.3, -0.25) is 9.78 Å². The summed E-state index contributed by atoms with van der Waals surface area (Å²) in [6, 6.07) is 2.84. The maximum atomic E-state index is 13.3. The monoisotopic (exact) mass is 259 g/mol. The van der Waals surface area contributed by atoms with Gasteiger partial charge in [-0.25, -0.2) is 4.39 Å². The first kappa shape index (κ1) is 14.2. The van der Waals surface area contributed by atoms with Crippen LogP contribution in [-0.4, -0.2) is 27.5 Å². The minimum absolute atomic E-state index is 0.0957. The minimum Gasteiger partial charge on any atom is -0.507 e. The van der Waals surface area contributed by atoms with Crippen molar-refractivity contribution in [3.63, 3.8) is 0 Å². The molecule has 18 heavy (non-hydrogen) atoms. The maximum Gasteiger partial charge on any atom is 0.341 e. The number of ketones is 1. The number of alkyl halides is 3. The van der Waals surface area contributed by atoms with Crippen molar-refractivity contribution in [2.24, 2.45) is 0 Å². The van der Waals surface area contributed by atoms with E-state index < -0.39 is 23.1 Å². The summed E-state index contributed by atoms with van der Waals surface area (Å²) in [4.78, 5) is 14.9. The Morgan fingerprint density at radius 3 is 2.44 bits per heavy atom. The van der Waals surface area contributed by atoms with Gasteiger partial charge in [0.15, 0.2) is 5.67 Å². The number of aliphatic hydroxyl groups excluding tert-OH is 1. The van der Waals surface area contributed by atoms with E-state index in [1.54, 1.807) is 0 Å². The fourth-order valence-corrected chi connectivity index (χ4v) is 1.11. The fraction of sp³-hybridized carbons (Fsp3) is 0.333. The molecule has 98 valence electrons. The largest absolute Gasteiger partial charge is 0.507 e. The molecule has 3 nitrogen and oxygen atoms in total. The topological polar surface area (TPSA) is 50.2 Å². The lowest BCUT2D eigenvalue weighted by Gasteiger charge is -2.23. The standard InChI is InChI=1S/C12H12F3NO2/c1-11(2,13)12(14,15)10(18)6-9(17)8-4-3-5-16-7-8/h3-7,17H,1-2H3. The van der Waals surface area contributed by atoms with Crippen molar-refractivity contribution in [1.29, 1.82) is 0 Å². The third kappa shape index (κ3) is 2.88. The zero-order valence-electron chi connectivity index (χ0n) is 9.82. The molecule has 0 aliphatic rings. The summed E-state index contributed by atoms with van der Waals surface area (Å²) in [7, 11) is 0. The minimum atomic E-state index is -4.21. The van der Waals surface area contributed by atoms with Crippen LogP contribution in [-0.2, 0) is 4.79 Å². The van der Waals surface area contributed by atoms with Gasteiger partial charge in [0.25, 0.3) is 0 Å². The average Bonchev–Trinajstić information content (AvgIpc) is 2.28. The van der Waals surface area contributed by atoms with E-state index in [4.69, 9.17) is 0 Å². The highest BCUT2D eigenvalue weighted by molar-refractivity contribution is 6.01. The van der Waals surface area contributed by atoms with E-state index in [9.17, 15) is 23.1 Å². The Bertz CT molecular complexity index is 464. The Morgan fingerprint density at radius 1 is 1.39 bits per heavy atom. The van der Waals surface area contributed by atoms with Crippen molar-refractivity contribution in [1.82, 2.24) is 4.98 Å². The lowest BCUT2D eigenvalue weighted by Crippen LogP contribution is -2.45. The van der Waals surface area contributed by atoms with Gasteiger partial charge >= 0.3 is 5.92 Å². The number of rotatable bonds is 4. The van der Waals surface area contributed by atoms with Crippen LogP contribution in [0.3, 0.4) is 0 Å². The van der Waals surface area contributed by atoms with Crippen molar-refractivity contribution < 1.29 is 23.1 Å². The molecule has 0 atom stereocenters. The summed E-state index contributed by atoms with van der Waals surface area (Å²) >= 11 is 0. The highest BCUT2D eigenvalue weighted by atomic mass is 19.3. The van der Waals surface area contributed by atoms with Crippen molar-refractivity contribution >= 4 is 11.5 Å². The Labute approximate surface area is 102 Å². The molecule has 0 aromatic carbocycles. The molecule has 0 spiro atoms. The first-order chi connectivity index (χ1) is 8.16. The second-order valence-corrected chi connectivity index (χ2v) is 4.18. The summed E-state index contributed by atoms with van der Waals surface area (Å²) in [6.07, 6.45) is 2.91. The van der Waals surface area contributed by atoms with Gasteiger partial charge in [0, 0.05) is 24.0 Å². The van der Waals surface area contributed by atoms with E-state index in [1.165, 1.54) is 24.5 Å². The smallest absolute Gasteiger partial charge is 0.341 e. The van der Waals surface area contributed by atoms with E-state index in [2.05, 4.69) is 4.98 Å². The lowest BCUT2D eigenvalue weighted by atomic mass is 9.97. The third-order valence-electron chi connectivity index (χ3n) is 2.28. The van der Waals surface area contributed by atoms with Crippen LogP contribution in [0.1, 0.15) is 19.4 Å². The average molecular weight is 259 g/mol. The molecule has 1 rings (SSSR count). The summed E-state index contributed by atoms with van der Waals surface area (Å²) < 4.78 is 39.8. The molecule has 0 aliphatic carbocycles. The number of hydrogen-bond acceptors (Lipinski definition) is 3. The van der Waals surface area contributed by atoms with Crippen molar-refractivity contribution in [3.8, 4) is 0 Å². The van der Waals surface area contributed by atoms with Crippen LogP contribution in [0.5, 0.6) is 0 Å². The molecule has 6 heteroatoms. The number of aliphatic hydroxyl groups is 1. The third-order valence-corrected chi connectivity index (χ3v) is 2.28. The van der Waals surface area contributed by atoms with Gasteiger partial charge < -0.3 is 5.11 Å². The van der Waals surface area contributed by atoms with Crippen LogP contribution in [0.4, 0.5) is 13.2 Å². The molecule has 0 fully saturated rings. The first-order valence-corrected chi connectivity index (χ1v) is 5.08. The second kappa shape index (κ2) is 4.80. The lowest BCUT2D eigenvalue weighted by molar-refractivity contribution is -0.159. The number of nitrogens with zero attached hydrogens (tertiary/aromatic N) is 1. The Balaban J connectivity index is 3.01. The van der Waals surface area contributed by atoms with Crippen LogP contribution in [0.25, 0.3) is 5.76 Å². The van der Waals surface area contributed by atoms with Gasteiger partial charge in [-0.2, -0.15) is 8.78 Å².